The summed E-state index contributed by atoms with van der Waals surface area (Å²) in [6.45, 7) is 7.32. The molecule has 1 N–H and O–H groups in total. The number of rotatable bonds is 6. The molecule has 0 aliphatic carbocycles. The van der Waals surface area contributed by atoms with Gasteiger partial charge in [-0.15, -0.1) is 0 Å². The van der Waals surface area contributed by atoms with E-state index in [0.717, 1.165) is 10.6 Å². The maximum absolute atomic E-state index is 12.1. The number of sulfonamides is 1. The van der Waals surface area contributed by atoms with Gasteiger partial charge in [-0.25, -0.2) is 8.42 Å². The maximum Gasteiger partial charge on any atom is 0.240 e. The second-order valence-electron chi connectivity index (χ2n) is 5.75. The number of carbonyl (C=O) groups excluding carboxylic acids is 1. The van der Waals surface area contributed by atoms with E-state index in [-0.39, 0.29) is 24.4 Å². The fourth-order valence-electron chi connectivity index (χ4n) is 1.84. The molecule has 0 aliphatic rings. The molecule has 0 saturated carbocycles. The number of anilines is 1. The summed E-state index contributed by atoms with van der Waals surface area (Å²) in [6.07, 6.45) is 1.08. The molecular formula is C15H23ClN2O3S. The highest BCUT2D eigenvalue weighted by Gasteiger charge is 2.24. The van der Waals surface area contributed by atoms with Crippen LogP contribution in [0.15, 0.2) is 18.2 Å². The molecule has 7 heteroatoms. The molecule has 0 saturated heterocycles. The molecular weight excluding hydrogens is 324 g/mol. The molecule has 1 rings (SSSR count). The Kier molecular flexibility index (Phi) is 6.26. The minimum absolute atomic E-state index is 0.0330. The van der Waals surface area contributed by atoms with Crippen LogP contribution >= 0.6 is 11.6 Å². The van der Waals surface area contributed by atoms with E-state index in [2.05, 4.69) is 5.32 Å². The van der Waals surface area contributed by atoms with Crippen LogP contribution in [0.5, 0.6) is 0 Å². The van der Waals surface area contributed by atoms with Crippen molar-refractivity contribution in [1.82, 2.24) is 5.32 Å². The van der Waals surface area contributed by atoms with Crippen molar-refractivity contribution in [2.45, 2.75) is 33.7 Å². The zero-order valence-electron chi connectivity index (χ0n) is 13.6. The lowest BCUT2D eigenvalue weighted by atomic mass is 10.1. The second-order valence-corrected chi connectivity index (χ2v) is 8.07. The Bertz CT molecular complexity index is 644. The fourth-order valence-corrected chi connectivity index (χ4v) is 2.92. The van der Waals surface area contributed by atoms with Gasteiger partial charge in [-0.2, -0.15) is 0 Å². The van der Waals surface area contributed by atoms with Crippen molar-refractivity contribution < 1.29 is 13.2 Å². The average molecular weight is 347 g/mol. The standard InChI is InChI=1S/C15H23ClN2O3S/c1-10(2)12(4)17-15(19)9-18(22(5,20)21)14-8-6-7-13(16)11(14)3/h6-8,10,12H,9H2,1-5H3,(H,17,19)/t12-/m0/s1. The average Bonchev–Trinajstić information content (AvgIpc) is 2.38. The van der Waals surface area contributed by atoms with Crippen LogP contribution in [0.2, 0.25) is 5.02 Å². The number of carbonyl (C=O) groups is 1. The van der Waals surface area contributed by atoms with Gasteiger partial charge in [0.15, 0.2) is 0 Å². The molecule has 0 bridgehead atoms. The van der Waals surface area contributed by atoms with Gasteiger partial charge in [0, 0.05) is 11.1 Å². The quantitative estimate of drug-likeness (QED) is 0.860. The van der Waals surface area contributed by atoms with Crippen molar-refractivity contribution in [3.05, 3.63) is 28.8 Å². The van der Waals surface area contributed by atoms with Gasteiger partial charge in [0.25, 0.3) is 0 Å². The minimum atomic E-state index is -3.59. The van der Waals surface area contributed by atoms with Crippen molar-refractivity contribution in [3.8, 4) is 0 Å². The molecule has 0 spiro atoms. The molecule has 0 heterocycles. The summed E-state index contributed by atoms with van der Waals surface area (Å²) >= 11 is 6.05. The van der Waals surface area contributed by atoms with Gasteiger partial charge in [0.2, 0.25) is 15.9 Å². The zero-order valence-corrected chi connectivity index (χ0v) is 15.1. The highest BCUT2D eigenvalue weighted by molar-refractivity contribution is 7.92. The molecule has 0 unspecified atom stereocenters. The summed E-state index contributed by atoms with van der Waals surface area (Å²) in [5, 5.41) is 3.27. The summed E-state index contributed by atoms with van der Waals surface area (Å²) in [5.41, 5.74) is 1.04. The van der Waals surface area contributed by atoms with Crippen LogP contribution in [-0.4, -0.2) is 33.2 Å². The Labute approximate surface area is 137 Å². The molecule has 0 aromatic heterocycles. The highest BCUT2D eigenvalue weighted by Crippen LogP contribution is 2.27. The maximum atomic E-state index is 12.1. The number of amides is 1. The lowest BCUT2D eigenvalue weighted by molar-refractivity contribution is -0.120. The predicted octanol–water partition coefficient (Wildman–Crippen LogP) is 2.58. The first-order valence-electron chi connectivity index (χ1n) is 7.06. The van der Waals surface area contributed by atoms with Crippen LogP contribution in [0.1, 0.15) is 26.3 Å². The number of nitrogens with one attached hydrogen (secondary N) is 1. The van der Waals surface area contributed by atoms with E-state index in [1.54, 1.807) is 25.1 Å². The SMILES string of the molecule is Cc1c(Cl)cccc1N(CC(=O)N[C@@H](C)C(C)C)S(C)(=O)=O. The normalized spacial score (nSPS) is 13.0. The Morgan fingerprint density at radius 3 is 2.41 bits per heavy atom. The Morgan fingerprint density at radius 2 is 1.91 bits per heavy atom. The summed E-state index contributed by atoms with van der Waals surface area (Å²) in [7, 11) is -3.59. The topological polar surface area (TPSA) is 66.5 Å². The van der Waals surface area contributed by atoms with Gasteiger partial charge < -0.3 is 5.32 Å². The van der Waals surface area contributed by atoms with Crippen LogP contribution in [0, 0.1) is 12.8 Å². The van der Waals surface area contributed by atoms with Crippen molar-refractivity contribution in [2.24, 2.45) is 5.92 Å². The van der Waals surface area contributed by atoms with Crippen LogP contribution in [0.4, 0.5) is 5.69 Å². The highest BCUT2D eigenvalue weighted by atomic mass is 35.5. The van der Waals surface area contributed by atoms with Crippen molar-refractivity contribution in [1.29, 1.82) is 0 Å². The number of nitrogens with zero attached hydrogens (tertiary/aromatic N) is 1. The first-order chi connectivity index (χ1) is 10.0. The van der Waals surface area contributed by atoms with Gasteiger partial charge in [0.1, 0.15) is 6.54 Å². The molecule has 124 valence electrons. The van der Waals surface area contributed by atoms with Crippen molar-refractivity contribution in [2.75, 3.05) is 17.1 Å². The monoisotopic (exact) mass is 346 g/mol. The van der Waals surface area contributed by atoms with Gasteiger partial charge in [0.05, 0.1) is 11.9 Å². The first-order valence-corrected chi connectivity index (χ1v) is 9.29. The molecule has 1 aromatic rings. The van der Waals surface area contributed by atoms with Crippen LogP contribution in [-0.2, 0) is 14.8 Å². The largest absolute Gasteiger partial charge is 0.352 e. The smallest absolute Gasteiger partial charge is 0.240 e. The van der Waals surface area contributed by atoms with Crippen molar-refractivity contribution >= 4 is 33.2 Å². The van der Waals surface area contributed by atoms with E-state index in [1.807, 2.05) is 20.8 Å². The minimum Gasteiger partial charge on any atom is -0.352 e. The summed E-state index contributed by atoms with van der Waals surface area (Å²) in [6, 6.07) is 4.95. The first kappa shape index (κ1) is 18.8. The van der Waals surface area contributed by atoms with Gasteiger partial charge in [-0.05, 0) is 37.5 Å². The van der Waals surface area contributed by atoms with Gasteiger partial charge in [-0.3, -0.25) is 9.10 Å². The Balaban J connectivity index is 3.06. The molecule has 5 nitrogen and oxygen atoms in total. The number of benzene rings is 1. The third-order valence-corrected chi connectivity index (χ3v) is 5.12. The Morgan fingerprint density at radius 1 is 1.32 bits per heavy atom. The predicted molar refractivity (Wildman–Crippen MR) is 90.8 cm³/mol. The summed E-state index contributed by atoms with van der Waals surface area (Å²) in [4.78, 5) is 12.1. The molecule has 0 fully saturated rings. The molecule has 1 amide bonds. The van der Waals surface area contributed by atoms with E-state index >= 15 is 0 Å². The van der Waals surface area contributed by atoms with Crippen LogP contribution in [0.3, 0.4) is 0 Å². The summed E-state index contributed by atoms with van der Waals surface area (Å²) < 4.78 is 25.2. The van der Waals surface area contributed by atoms with Crippen LogP contribution in [0.25, 0.3) is 0 Å². The lowest BCUT2D eigenvalue weighted by Gasteiger charge is -2.25. The van der Waals surface area contributed by atoms with Crippen LogP contribution < -0.4 is 9.62 Å². The molecule has 0 aliphatic heterocycles. The van der Waals surface area contributed by atoms with Gasteiger partial charge in [-0.1, -0.05) is 31.5 Å². The van der Waals surface area contributed by atoms with E-state index < -0.39 is 10.0 Å². The number of hydrogen-bond donors (Lipinski definition) is 1. The van der Waals surface area contributed by atoms with Crippen molar-refractivity contribution in [3.63, 3.8) is 0 Å². The lowest BCUT2D eigenvalue weighted by Crippen LogP contribution is -2.44. The summed E-state index contributed by atoms with van der Waals surface area (Å²) in [5.74, 6) is -0.0745. The zero-order chi connectivity index (χ0) is 17.1. The fraction of sp³-hybridized carbons (Fsp3) is 0.533. The number of halogens is 1. The third kappa shape index (κ3) is 4.88. The van der Waals surface area contributed by atoms with E-state index in [0.29, 0.717) is 16.3 Å². The Hall–Kier alpha value is -1.27. The van der Waals surface area contributed by atoms with E-state index in [4.69, 9.17) is 11.6 Å². The molecule has 0 radical (unpaired) electrons. The van der Waals surface area contributed by atoms with E-state index in [1.165, 1.54) is 0 Å². The number of hydrogen-bond acceptors (Lipinski definition) is 3. The molecule has 1 atom stereocenters. The van der Waals surface area contributed by atoms with E-state index in [9.17, 15) is 13.2 Å². The second kappa shape index (κ2) is 7.33. The molecule has 1 aromatic carbocycles. The molecule has 22 heavy (non-hydrogen) atoms. The van der Waals surface area contributed by atoms with Gasteiger partial charge >= 0.3 is 0 Å². The third-order valence-electron chi connectivity index (χ3n) is 3.58.